The van der Waals surface area contributed by atoms with Crippen molar-refractivity contribution in [3.8, 4) is 0 Å². The predicted octanol–water partition coefficient (Wildman–Crippen LogP) is 3.57. The summed E-state index contributed by atoms with van der Waals surface area (Å²) in [5, 5.41) is 6.17. The van der Waals surface area contributed by atoms with Crippen LogP contribution < -0.4 is 0 Å². The molecule has 0 amide bonds. The number of Topliss-reactive ketones (excluding diaryl/α,β-unsaturated/α-hetero) is 1. The molecule has 1 aromatic carbocycles. The number of furan rings is 1. The first kappa shape index (κ1) is 21.4. The molecule has 0 N–H and O–H groups in total. The molecule has 2 fully saturated rings. The Hall–Kier alpha value is -3.42. The standard InChI is InChI=1S/C25H26N2O6/c1-23(2,3)20(28)18-17(16-11-8-12-31-16)25(21(29)32-24(4,5)33-22(25)30)19-15-10-7-6-9-14(15)13-26-27(18)19/h6-13,17-19H,1-5H3/t17-,18+,19+/m0/s1. The van der Waals surface area contributed by atoms with Crippen molar-refractivity contribution in [1.82, 2.24) is 5.01 Å². The number of carbonyl (C=O) groups is 3. The van der Waals surface area contributed by atoms with E-state index in [1.165, 1.54) is 20.1 Å². The second kappa shape index (κ2) is 6.79. The van der Waals surface area contributed by atoms with Crippen molar-refractivity contribution in [3.05, 3.63) is 59.5 Å². The van der Waals surface area contributed by atoms with Crippen LogP contribution in [-0.2, 0) is 23.9 Å². The number of cyclic esters (lactones) is 2. The summed E-state index contributed by atoms with van der Waals surface area (Å²) in [4.78, 5) is 41.6. The van der Waals surface area contributed by atoms with Gasteiger partial charge in [-0.1, -0.05) is 45.0 Å². The Morgan fingerprint density at radius 1 is 1.03 bits per heavy atom. The molecule has 3 aliphatic heterocycles. The predicted molar refractivity (Wildman–Crippen MR) is 117 cm³/mol. The fraction of sp³-hybridized carbons (Fsp3) is 0.440. The van der Waals surface area contributed by atoms with Crippen LogP contribution in [0.2, 0.25) is 0 Å². The first-order chi connectivity index (χ1) is 15.5. The molecule has 2 saturated heterocycles. The van der Waals surface area contributed by atoms with Crippen molar-refractivity contribution >= 4 is 23.9 Å². The molecule has 3 atom stereocenters. The second-order valence-corrected chi connectivity index (χ2v) is 10.3. The topological polar surface area (TPSA) is 98.4 Å². The Labute approximate surface area is 191 Å². The molecule has 5 rings (SSSR count). The van der Waals surface area contributed by atoms with E-state index in [-0.39, 0.29) is 5.78 Å². The lowest BCUT2D eigenvalue weighted by atomic mass is 9.65. The van der Waals surface area contributed by atoms with Gasteiger partial charge in [0.05, 0.1) is 18.4 Å². The summed E-state index contributed by atoms with van der Waals surface area (Å²) in [5.41, 5.74) is -1.21. The van der Waals surface area contributed by atoms with E-state index in [2.05, 4.69) is 5.10 Å². The van der Waals surface area contributed by atoms with Crippen LogP contribution in [0.3, 0.4) is 0 Å². The van der Waals surface area contributed by atoms with Crippen LogP contribution in [0.25, 0.3) is 0 Å². The number of nitrogens with zero attached hydrogens (tertiary/aromatic N) is 2. The van der Waals surface area contributed by atoms with Gasteiger partial charge in [0, 0.05) is 19.3 Å². The monoisotopic (exact) mass is 450 g/mol. The lowest BCUT2D eigenvalue weighted by Crippen LogP contribution is -2.58. The zero-order valence-electron chi connectivity index (χ0n) is 19.2. The van der Waals surface area contributed by atoms with E-state index in [4.69, 9.17) is 13.9 Å². The zero-order valence-corrected chi connectivity index (χ0v) is 19.2. The number of ketones is 1. The summed E-state index contributed by atoms with van der Waals surface area (Å²) in [7, 11) is 0. The van der Waals surface area contributed by atoms with Gasteiger partial charge in [-0.3, -0.25) is 19.4 Å². The van der Waals surface area contributed by atoms with Gasteiger partial charge in [0.15, 0.2) is 5.78 Å². The third kappa shape index (κ3) is 2.89. The molecule has 172 valence electrons. The maximum atomic E-state index is 13.9. The Morgan fingerprint density at radius 3 is 2.30 bits per heavy atom. The molecule has 8 heteroatoms. The highest BCUT2D eigenvalue weighted by molar-refractivity contribution is 6.07. The summed E-state index contributed by atoms with van der Waals surface area (Å²) in [6.45, 7) is 8.42. The molecule has 0 unspecified atom stereocenters. The highest BCUT2D eigenvalue weighted by Gasteiger charge is 2.76. The third-order valence-corrected chi connectivity index (χ3v) is 6.62. The molecule has 1 aromatic heterocycles. The van der Waals surface area contributed by atoms with Crippen LogP contribution in [0.1, 0.15) is 63.5 Å². The van der Waals surface area contributed by atoms with E-state index in [1.54, 1.807) is 44.1 Å². The molecule has 1 spiro atoms. The lowest BCUT2D eigenvalue weighted by Gasteiger charge is -2.43. The SMILES string of the molecule is CC1(C)OC(=O)C2(C(=O)O1)[C@@H](c1ccco1)[C@H](C(=O)C(C)(C)C)N1N=Cc3ccccc3[C@@H]12. The number of esters is 2. The van der Waals surface area contributed by atoms with E-state index in [0.717, 1.165) is 5.56 Å². The van der Waals surface area contributed by atoms with Gasteiger partial charge in [0.25, 0.3) is 5.79 Å². The molecular weight excluding hydrogens is 424 g/mol. The number of benzene rings is 1. The first-order valence-electron chi connectivity index (χ1n) is 10.9. The molecular formula is C25H26N2O6. The maximum absolute atomic E-state index is 13.9. The van der Waals surface area contributed by atoms with Crippen molar-refractivity contribution in [2.45, 2.75) is 58.4 Å². The molecule has 0 radical (unpaired) electrons. The summed E-state index contributed by atoms with van der Waals surface area (Å²) >= 11 is 0. The van der Waals surface area contributed by atoms with Crippen LogP contribution in [0.4, 0.5) is 0 Å². The second-order valence-electron chi connectivity index (χ2n) is 10.3. The fourth-order valence-corrected chi connectivity index (χ4v) is 5.23. The Balaban J connectivity index is 1.83. The van der Waals surface area contributed by atoms with Crippen LogP contribution in [0, 0.1) is 10.8 Å². The van der Waals surface area contributed by atoms with Gasteiger partial charge in [-0.15, -0.1) is 0 Å². The smallest absolute Gasteiger partial charge is 0.330 e. The minimum absolute atomic E-state index is 0.173. The zero-order chi connectivity index (χ0) is 23.8. The Bertz CT molecular complexity index is 1150. The van der Waals surface area contributed by atoms with Crippen molar-refractivity contribution in [1.29, 1.82) is 0 Å². The van der Waals surface area contributed by atoms with Crippen LogP contribution in [-0.4, -0.2) is 40.8 Å². The molecule has 4 heterocycles. The molecule has 33 heavy (non-hydrogen) atoms. The lowest BCUT2D eigenvalue weighted by molar-refractivity contribution is -0.254. The van der Waals surface area contributed by atoms with Crippen molar-refractivity contribution < 1.29 is 28.3 Å². The highest BCUT2D eigenvalue weighted by atomic mass is 16.7. The Morgan fingerprint density at radius 2 is 1.70 bits per heavy atom. The van der Waals surface area contributed by atoms with Gasteiger partial charge in [0.1, 0.15) is 17.8 Å². The van der Waals surface area contributed by atoms with E-state index in [9.17, 15) is 14.4 Å². The first-order valence-corrected chi connectivity index (χ1v) is 10.9. The molecule has 0 saturated carbocycles. The third-order valence-electron chi connectivity index (χ3n) is 6.62. The van der Waals surface area contributed by atoms with Crippen molar-refractivity contribution in [2.24, 2.45) is 15.9 Å². The number of hydrazone groups is 1. The largest absolute Gasteiger partial charge is 0.469 e. The van der Waals surface area contributed by atoms with Gasteiger partial charge in [-0.25, -0.2) is 0 Å². The highest BCUT2D eigenvalue weighted by Crippen LogP contribution is 2.63. The van der Waals surface area contributed by atoms with Crippen molar-refractivity contribution in [3.63, 3.8) is 0 Å². The van der Waals surface area contributed by atoms with Crippen molar-refractivity contribution in [2.75, 3.05) is 0 Å². The summed E-state index contributed by atoms with van der Waals surface area (Å²) in [5.74, 6) is -3.78. The van der Waals surface area contributed by atoms with E-state index < -0.39 is 46.6 Å². The van der Waals surface area contributed by atoms with Gasteiger partial charge in [-0.2, -0.15) is 5.10 Å². The van der Waals surface area contributed by atoms with E-state index >= 15 is 0 Å². The van der Waals surface area contributed by atoms with Gasteiger partial charge in [0.2, 0.25) is 5.41 Å². The summed E-state index contributed by atoms with van der Waals surface area (Å²) < 4.78 is 17.1. The minimum atomic E-state index is -1.88. The van der Waals surface area contributed by atoms with Crippen LogP contribution in [0.15, 0.2) is 52.2 Å². The normalized spacial score (nSPS) is 27.1. The molecule has 8 nitrogen and oxygen atoms in total. The summed E-state index contributed by atoms with van der Waals surface area (Å²) in [6.07, 6.45) is 3.11. The average Bonchev–Trinajstić information content (AvgIpc) is 3.35. The number of ether oxygens (including phenoxy) is 2. The maximum Gasteiger partial charge on any atom is 0.330 e. The fourth-order valence-electron chi connectivity index (χ4n) is 5.23. The van der Waals surface area contributed by atoms with Crippen LogP contribution in [0.5, 0.6) is 0 Å². The summed E-state index contributed by atoms with van der Waals surface area (Å²) in [6, 6.07) is 8.85. The average molecular weight is 450 g/mol. The van der Waals surface area contributed by atoms with E-state index in [1.807, 2.05) is 24.3 Å². The number of hydrogen-bond acceptors (Lipinski definition) is 8. The number of fused-ring (bicyclic) bond motifs is 4. The van der Waals surface area contributed by atoms with Crippen LogP contribution >= 0.6 is 0 Å². The molecule has 3 aliphatic rings. The van der Waals surface area contributed by atoms with Gasteiger partial charge < -0.3 is 13.9 Å². The Kier molecular flexibility index (Phi) is 4.41. The molecule has 2 aromatic rings. The van der Waals surface area contributed by atoms with Gasteiger partial charge in [-0.05, 0) is 23.3 Å². The van der Waals surface area contributed by atoms with Gasteiger partial charge >= 0.3 is 11.9 Å². The number of rotatable bonds is 2. The molecule has 0 aliphatic carbocycles. The quantitative estimate of drug-likeness (QED) is 0.509. The van der Waals surface area contributed by atoms with E-state index in [0.29, 0.717) is 11.3 Å². The minimum Gasteiger partial charge on any atom is -0.469 e. The number of hydrogen-bond donors (Lipinski definition) is 0. The number of carbonyl (C=O) groups excluding carboxylic acids is 3. The molecule has 0 bridgehead atoms.